The van der Waals surface area contributed by atoms with Crippen LogP contribution < -0.4 is 10.6 Å². The van der Waals surface area contributed by atoms with E-state index in [2.05, 4.69) is 10.6 Å². The Kier molecular flexibility index (Phi) is 4.48. The highest BCUT2D eigenvalue weighted by atomic mass is 16.6. The van der Waals surface area contributed by atoms with Gasteiger partial charge in [0, 0.05) is 25.2 Å². The molecule has 134 valence electrons. The molecule has 2 N–H and O–H groups in total. The van der Waals surface area contributed by atoms with Crippen LogP contribution in [0.15, 0.2) is 54.6 Å². The molecule has 4 rings (SSSR count). The molecular weight excluding hydrogens is 330 g/mol. The molecule has 26 heavy (non-hydrogen) atoms. The van der Waals surface area contributed by atoms with Crippen LogP contribution >= 0.6 is 0 Å². The lowest BCUT2D eigenvalue weighted by Gasteiger charge is -2.39. The number of amides is 2. The second-order valence-corrected chi connectivity index (χ2v) is 6.71. The number of carbonyl (C=O) groups is 2. The van der Waals surface area contributed by atoms with E-state index < -0.39 is 0 Å². The maximum absolute atomic E-state index is 12.4. The molecule has 0 aliphatic carbocycles. The van der Waals surface area contributed by atoms with Gasteiger partial charge >= 0.3 is 6.09 Å². The molecule has 0 saturated carbocycles. The minimum atomic E-state index is -0.342. The minimum absolute atomic E-state index is 0.0164. The molecule has 0 aromatic heterocycles. The highest BCUT2D eigenvalue weighted by Gasteiger charge is 2.35. The van der Waals surface area contributed by atoms with Crippen LogP contribution in [0.25, 0.3) is 0 Å². The van der Waals surface area contributed by atoms with Gasteiger partial charge in [-0.05, 0) is 17.2 Å². The summed E-state index contributed by atoms with van der Waals surface area (Å²) in [6.07, 6.45) is 0.350. The van der Waals surface area contributed by atoms with Gasteiger partial charge in [-0.15, -0.1) is 0 Å². The van der Waals surface area contributed by atoms with Gasteiger partial charge in [0.15, 0.2) is 0 Å². The molecule has 6 nitrogen and oxygen atoms in total. The van der Waals surface area contributed by atoms with Crippen molar-refractivity contribution >= 4 is 17.7 Å². The molecular formula is C20H21N3O3. The standard InChI is InChI=1S/C20H21N3O3/c24-19(18-10-15-8-4-5-9-17(15)22-18)21-16-11-23(12-16)20(25)26-13-14-6-2-1-3-7-14/h1-9,16,18,22H,10-13H2,(H,21,24). The predicted molar refractivity (Wildman–Crippen MR) is 97.7 cm³/mol. The fourth-order valence-corrected chi connectivity index (χ4v) is 3.29. The van der Waals surface area contributed by atoms with Crippen molar-refractivity contribution in [1.29, 1.82) is 0 Å². The first kappa shape index (κ1) is 16.4. The summed E-state index contributed by atoms with van der Waals surface area (Å²) >= 11 is 0. The van der Waals surface area contributed by atoms with Gasteiger partial charge in [0.1, 0.15) is 12.6 Å². The smallest absolute Gasteiger partial charge is 0.410 e. The van der Waals surface area contributed by atoms with Crippen molar-refractivity contribution in [2.75, 3.05) is 18.4 Å². The maximum atomic E-state index is 12.4. The summed E-state index contributed by atoms with van der Waals surface area (Å²) in [6, 6.07) is 17.3. The summed E-state index contributed by atoms with van der Waals surface area (Å²) in [5, 5.41) is 6.24. The normalized spacial score (nSPS) is 18.5. The molecule has 2 aromatic rings. The van der Waals surface area contributed by atoms with E-state index in [0.717, 1.165) is 16.8 Å². The maximum Gasteiger partial charge on any atom is 0.410 e. The Labute approximate surface area is 152 Å². The third kappa shape index (κ3) is 3.49. The van der Waals surface area contributed by atoms with Gasteiger partial charge in [-0.25, -0.2) is 4.79 Å². The average molecular weight is 351 g/mol. The van der Waals surface area contributed by atoms with E-state index in [9.17, 15) is 9.59 Å². The first-order valence-electron chi connectivity index (χ1n) is 8.79. The lowest BCUT2D eigenvalue weighted by atomic mass is 10.1. The SMILES string of the molecule is O=C(NC1CN(C(=O)OCc2ccccc2)C1)C1Cc2ccccc2N1. The van der Waals surface area contributed by atoms with Gasteiger partial charge in [0.05, 0.1) is 6.04 Å². The molecule has 2 heterocycles. The molecule has 2 aliphatic heterocycles. The number of likely N-dealkylation sites (tertiary alicyclic amines) is 1. The van der Waals surface area contributed by atoms with Crippen LogP contribution in [0.1, 0.15) is 11.1 Å². The van der Waals surface area contributed by atoms with Gasteiger partial charge in [-0.2, -0.15) is 0 Å². The third-order valence-electron chi connectivity index (χ3n) is 4.78. The van der Waals surface area contributed by atoms with Crippen LogP contribution in [-0.2, 0) is 22.6 Å². The zero-order valence-electron chi connectivity index (χ0n) is 14.4. The molecule has 1 saturated heterocycles. The molecule has 0 bridgehead atoms. The van der Waals surface area contributed by atoms with E-state index in [1.165, 1.54) is 0 Å². The Morgan fingerprint density at radius 1 is 1.08 bits per heavy atom. The second kappa shape index (κ2) is 7.07. The Bertz CT molecular complexity index is 778. The van der Waals surface area contributed by atoms with Gasteiger partial charge in [0.25, 0.3) is 0 Å². The number of nitrogens with one attached hydrogen (secondary N) is 2. The largest absolute Gasteiger partial charge is 0.445 e. The third-order valence-corrected chi connectivity index (χ3v) is 4.78. The van der Waals surface area contributed by atoms with E-state index >= 15 is 0 Å². The number of rotatable bonds is 4. The van der Waals surface area contributed by atoms with Crippen LogP contribution in [0.3, 0.4) is 0 Å². The van der Waals surface area contributed by atoms with E-state index in [-0.39, 0.29) is 30.7 Å². The highest BCUT2D eigenvalue weighted by Crippen LogP contribution is 2.25. The van der Waals surface area contributed by atoms with Gasteiger partial charge in [-0.3, -0.25) is 4.79 Å². The summed E-state index contributed by atoms with van der Waals surface area (Å²) in [5.74, 6) is -0.0245. The van der Waals surface area contributed by atoms with Crippen LogP contribution in [0.4, 0.5) is 10.5 Å². The number of hydrogen-bond acceptors (Lipinski definition) is 4. The van der Waals surface area contributed by atoms with Gasteiger partial charge < -0.3 is 20.3 Å². The number of ether oxygens (including phenoxy) is 1. The van der Waals surface area contributed by atoms with E-state index in [1.54, 1.807) is 4.90 Å². The molecule has 1 fully saturated rings. The average Bonchev–Trinajstić information content (AvgIpc) is 3.07. The number of para-hydroxylation sites is 1. The molecule has 1 unspecified atom stereocenters. The zero-order valence-corrected chi connectivity index (χ0v) is 14.4. The number of hydrogen-bond donors (Lipinski definition) is 2. The zero-order chi connectivity index (χ0) is 17.9. The molecule has 2 aliphatic rings. The van der Waals surface area contributed by atoms with Crippen molar-refractivity contribution in [3.05, 3.63) is 65.7 Å². The van der Waals surface area contributed by atoms with Crippen molar-refractivity contribution in [3.8, 4) is 0 Å². The Hall–Kier alpha value is -3.02. The summed E-state index contributed by atoms with van der Waals surface area (Å²) in [5.41, 5.74) is 3.14. The number of nitrogens with zero attached hydrogens (tertiary/aromatic N) is 1. The molecule has 0 spiro atoms. The predicted octanol–water partition coefficient (Wildman–Crippen LogP) is 2.16. The summed E-state index contributed by atoms with van der Waals surface area (Å²) < 4.78 is 5.29. The molecule has 1 atom stereocenters. The van der Waals surface area contributed by atoms with Crippen LogP contribution in [0, 0.1) is 0 Å². The molecule has 2 amide bonds. The topological polar surface area (TPSA) is 70.7 Å². The first-order chi connectivity index (χ1) is 12.7. The van der Waals surface area contributed by atoms with E-state index in [4.69, 9.17) is 4.74 Å². The Morgan fingerprint density at radius 3 is 2.58 bits per heavy atom. The summed E-state index contributed by atoms with van der Waals surface area (Å²) in [6.45, 7) is 1.23. The number of anilines is 1. The van der Waals surface area contributed by atoms with E-state index in [1.807, 2.05) is 54.6 Å². The van der Waals surface area contributed by atoms with Crippen molar-refractivity contribution in [3.63, 3.8) is 0 Å². The Morgan fingerprint density at radius 2 is 1.81 bits per heavy atom. The van der Waals surface area contributed by atoms with Crippen molar-refractivity contribution < 1.29 is 14.3 Å². The van der Waals surface area contributed by atoms with E-state index in [0.29, 0.717) is 19.5 Å². The number of benzene rings is 2. The van der Waals surface area contributed by atoms with Gasteiger partial charge in [0.2, 0.25) is 5.91 Å². The minimum Gasteiger partial charge on any atom is -0.445 e. The number of fused-ring (bicyclic) bond motifs is 1. The number of carbonyl (C=O) groups excluding carboxylic acids is 2. The molecule has 6 heteroatoms. The van der Waals surface area contributed by atoms with Gasteiger partial charge in [-0.1, -0.05) is 48.5 Å². The fourth-order valence-electron chi connectivity index (χ4n) is 3.29. The van der Waals surface area contributed by atoms with Crippen LogP contribution in [0.5, 0.6) is 0 Å². The first-order valence-corrected chi connectivity index (χ1v) is 8.79. The summed E-state index contributed by atoms with van der Waals surface area (Å²) in [4.78, 5) is 26.0. The van der Waals surface area contributed by atoms with Crippen molar-refractivity contribution in [1.82, 2.24) is 10.2 Å². The Balaban J connectivity index is 1.19. The molecule has 2 aromatic carbocycles. The lowest BCUT2D eigenvalue weighted by molar-refractivity contribution is -0.123. The summed E-state index contributed by atoms with van der Waals surface area (Å²) in [7, 11) is 0. The fraction of sp³-hybridized carbons (Fsp3) is 0.300. The van der Waals surface area contributed by atoms with Crippen LogP contribution in [0.2, 0.25) is 0 Å². The lowest BCUT2D eigenvalue weighted by Crippen LogP contribution is -2.62. The van der Waals surface area contributed by atoms with Crippen molar-refractivity contribution in [2.45, 2.75) is 25.1 Å². The quantitative estimate of drug-likeness (QED) is 0.886. The second-order valence-electron chi connectivity index (χ2n) is 6.71. The van der Waals surface area contributed by atoms with Crippen LogP contribution in [-0.4, -0.2) is 42.1 Å². The monoisotopic (exact) mass is 351 g/mol. The van der Waals surface area contributed by atoms with Crippen molar-refractivity contribution in [2.24, 2.45) is 0 Å². The highest BCUT2D eigenvalue weighted by molar-refractivity contribution is 5.87. The molecule has 0 radical (unpaired) electrons.